The van der Waals surface area contributed by atoms with E-state index >= 15 is 0 Å². The van der Waals surface area contributed by atoms with Gasteiger partial charge in [-0.2, -0.15) is 0 Å². The van der Waals surface area contributed by atoms with Crippen LogP contribution in [0.1, 0.15) is 22.4 Å². The summed E-state index contributed by atoms with van der Waals surface area (Å²) in [5, 5.41) is 0.662. The molecule has 3 heterocycles. The van der Waals surface area contributed by atoms with Gasteiger partial charge in [0.05, 0.1) is 12.1 Å². The molecule has 0 saturated heterocycles. The van der Waals surface area contributed by atoms with E-state index in [-0.39, 0.29) is 11.4 Å². The predicted molar refractivity (Wildman–Crippen MR) is 114 cm³/mol. The van der Waals surface area contributed by atoms with Crippen LogP contribution in [0.3, 0.4) is 0 Å². The van der Waals surface area contributed by atoms with Crippen LogP contribution in [0.4, 0.5) is 4.39 Å². The average Bonchev–Trinajstić information content (AvgIpc) is 3.22. The van der Waals surface area contributed by atoms with Crippen molar-refractivity contribution >= 4 is 17.4 Å². The van der Waals surface area contributed by atoms with Crippen molar-refractivity contribution in [2.75, 3.05) is 6.54 Å². The van der Waals surface area contributed by atoms with Crippen LogP contribution < -0.4 is 5.56 Å². The molecule has 152 valence electrons. The smallest absolute Gasteiger partial charge is 0.259 e. The Kier molecular flexibility index (Phi) is 4.89. The molecule has 4 aromatic rings. The number of aromatic nitrogens is 3. The highest BCUT2D eigenvalue weighted by atomic mass is 35.5. The fourth-order valence-corrected chi connectivity index (χ4v) is 4.29. The second-order valence-corrected chi connectivity index (χ2v) is 8.07. The van der Waals surface area contributed by atoms with Crippen LogP contribution in [-0.2, 0) is 26.1 Å². The van der Waals surface area contributed by atoms with Crippen molar-refractivity contribution in [1.82, 2.24) is 18.9 Å². The minimum atomic E-state index is -0.240. The molecule has 0 atom stereocenters. The Morgan fingerprint density at radius 3 is 2.70 bits per heavy atom. The van der Waals surface area contributed by atoms with Crippen molar-refractivity contribution < 1.29 is 4.39 Å². The lowest BCUT2D eigenvalue weighted by Crippen LogP contribution is -2.38. The molecule has 30 heavy (non-hydrogen) atoms. The van der Waals surface area contributed by atoms with Crippen LogP contribution in [0.2, 0.25) is 5.02 Å². The molecule has 0 aliphatic carbocycles. The third kappa shape index (κ3) is 3.53. The van der Waals surface area contributed by atoms with Crippen molar-refractivity contribution in [3.8, 4) is 0 Å². The van der Waals surface area contributed by atoms with Crippen molar-refractivity contribution in [2.45, 2.75) is 26.1 Å². The molecule has 0 N–H and O–H groups in total. The zero-order valence-electron chi connectivity index (χ0n) is 16.3. The number of halogens is 2. The Labute approximate surface area is 178 Å². The van der Waals surface area contributed by atoms with Crippen molar-refractivity contribution in [2.24, 2.45) is 0 Å². The molecule has 0 radical (unpaired) electrons. The van der Waals surface area contributed by atoms with E-state index in [1.807, 2.05) is 40.9 Å². The fraction of sp³-hybridized carbons (Fsp3) is 0.217. The molecule has 0 unspecified atom stereocenters. The number of hydrogen-bond donors (Lipinski definition) is 0. The molecule has 5 nitrogen and oxygen atoms in total. The Bertz CT molecular complexity index is 1280. The standard InChI is InChI=1S/C23H20ClFN4O/c24-18-6-4-16(5-7-18)14-29-22(30)20-15-27(13-17-2-1-3-19(25)12-17)10-8-21(20)28-11-9-26-23(28)29/h1-7,9,11-12H,8,10,13-15H2. The van der Waals surface area contributed by atoms with Gasteiger partial charge in [0, 0.05) is 49.2 Å². The van der Waals surface area contributed by atoms with Gasteiger partial charge in [0.2, 0.25) is 5.78 Å². The largest absolute Gasteiger partial charge is 0.294 e. The van der Waals surface area contributed by atoms with Gasteiger partial charge in [0.25, 0.3) is 5.56 Å². The molecular formula is C23H20ClFN4O. The molecule has 0 amide bonds. The molecule has 0 saturated carbocycles. The zero-order chi connectivity index (χ0) is 20.7. The maximum absolute atomic E-state index is 13.6. The number of nitrogens with zero attached hydrogens (tertiary/aromatic N) is 4. The first-order valence-electron chi connectivity index (χ1n) is 9.87. The first kappa shape index (κ1) is 19.0. The van der Waals surface area contributed by atoms with Crippen LogP contribution in [0.15, 0.2) is 65.7 Å². The average molecular weight is 423 g/mol. The van der Waals surface area contributed by atoms with E-state index in [1.54, 1.807) is 22.9 Å². The quantitative estimate of drug-likeness (QED) is 0.501. The minimum Gasteiger partial charge on any atom is -0.294 e. The van der Waals surface area contributed by atoms with Crippen molar-refractivity contribution in [1.29, 1.82) is 0 Å². The SMILES string of the molecule is O=c1c2c(n3ccnc3n1Cc1ccc(Cl)cc1)CCN(Cc1cccc(F)c1)C2. The molecule has 0 spiro atoms. The van der Waals surface area contributed by atoms with Crippen molar-refractivity contribution in [3.63, 3.8) is 0 Å². The van der Waals surface area contributed by atoms with E-state index in [9.17, 15) is 9.18 Å². The third-order valence-corrected chi connectivity index (χ3v) is 5.85. The minimum absolute atomic E-state index is 0.0254. The summed E-state index contributed by atoms with van der Waals surface area (Å²) in [5.41, 5.74) is 3.65. The zero-order valence-corrected chi connectivity index (χ0v) is 17.0. The first-order chi connectivity index (χ1) is 14.6. The van der Waals surface area contributed by atoms with E-state index in [0.29, 0.717) is 30.4 Å². The molecular weight excluding hydrogens is 403 g/mol. The Hall–Kier alpha value is -2.96. The highest BCUT2D eigenvalue weighted by Crippen LogP contribution is 2.20. The molecule has 1 aliphatic rings. The van der Waals surface area contributed by atoms with E-state index in [4.69, 9.17) is 11.6 Å². The first-order valence-corrected chi connectivity index (χ1v) is 10.2. The molecule has 0 bridgehead atoms. The van der Waals surface area contributed by atoms with Gasteiger partial charge in [-0.3, -0.25) is 18.7 Å². The summed E-state index contributed by atoms with van der Waals surface area (Å²) in [5.74, 6) is 0.405. The molecule has 0 fully saturated rings. The van der Waals surface area contributed by atoms with Gasteiger partial charge in [0.15, 0.2) is 0 Å². The lowest BCUT2D eigenvalue weighted by Gasteiger charge is -2.29. The number of benzene rings is 2. The van der Waals surface area contributed by atoms with Gasteiger partial charge < -0.3 is 0 Å². The van der Waals surface area contributed by atoms with Crippen LogP contribution >= 0.6 is 11.6 Å². The summed E-state index contributed by atoms with van der Waals surface area (Å²) >= 11 is 6.00. The van der Waals surface area contributed by atoms with E-state index in [1.165, 1.54) is 6.07 Å². The van der Waals surface area contributed by atoms with Gasteiger partial charge in [0.1, 0.15) is 5.82 Å². The van der Waals surface area contributed by atoms with E-state index in [2.05, 4.69) is 9.88 Å². The number of fused-ring (bicyclic) bond motifs is 3. The predicted octanol–water partition coefficient (Wildman–Crippen LogP) is 3.90. The number of hydrogen-bond acceptors (Lipinski definition) is 3. The third-order valence-electron chi connectivity index (χ3n) is 5.60. The van der Waals surface area contributed by atoms with Crippen LogP contribution in [0.5, 0.6) is 0 Å². The molecule has 2 aromatic carbocycles. The van der Waals surface area contributed by atoms with Crippen LogP contribution in [0, 0.1) is 5.82 Å². The summed E-state index contributed by atoms with van der Waals surface area (Å²) in [6.45, 7) is 2.36. The maximum Gasteiger partial charge on any atom is 0.259 e. The van der Waals surface area contributed by atoms with E-state index < -0.39 is 0 Å². The Morgan fingerprint density at radius 2 is 1.90 bits per heavy atom. The van der Waals surface area contributed by atoms with Gasteiger partial charge in [-0.05, 0) is 35.4 Å². The second-order valence-electron chi connectivity index (χ2n) is 7.63. The number of rotatable bonds is 4. The molecule has 7 heteroatoms. The molecule has 5 rings (SSSR count). The topological polar surface area (TPSA) is 42.5 Å². The summed E-state index contributed by atoms with van der Waals surface area (Å²) in [6.07, 6.45) is 4.38. The summed E-state index contributed by atoms with van der Waals surface area (Å²) in [7, 11) is 0. The fourth-order valence-electron chi connectivity index (χ4n) is 4.17. The molecule has 1 aliphatic heterocycles. The Morgan fingerprint density at radius 1 is 1.07 bits per heavy atom. The second kappa shape index (κ2) is 7.70. The Balaban J connectivity index is 1.51. The van der Waals surface area contributed by atoms with Gasteiger partial charge in [-0.25, -0.2) is 9.37 Å². The summed E-state index contributed by atoms with van der Waals surface area (Å²) in [6, 6.07) is 14.1. The molecule has 2 aromatic heterocycles. The van der Waals surface area contributed by atoms with Crippen LogP contribution in [-0.4, -0.2) is 25.4 Å². The van der Waals surface area contributed by atoms with Gasteiger partial charge in [-0.15, -0.1) is 0 Å². The summed E-state index contributed by atoms with van der Waals surface area (Å²) < 4.78 is 17.3. The van der Waals surface area contributed by atoms with E-state index in [0.717, 1.165) is 35.3 Å². The monoisotopic (exact) mass is 422 g/mol. The maximum atomic E-state index is 13.6. The lowest BCUT2D eigenvalue weighted by molar-refractivity contribution is 0.240. The van der Waals surface area contributed by atoms with Gasteiger partial charge in [-0.1, -0.05) is 35.9 Å². The highest BCUT2D eigenvalue weighted by molar-refractivity contribution is 6.30. The summed E-state index contributed by atoms with van der Waals surface area (Å²) in [4.78, 5) is 20.1. The van der Waals surface area contributed by atoms with Crippen LogP contribution in [0.25, 0.3) is 5.78 Å². The normalized spacial score (nSPS) is 14.2. The lowest BCUT2D eigenvalue weighted by atomic mass is 10.1. The number of imidazole rings is 1. The van der Waals surface area contributed by atoms with Gasteiger partial charge >= 0.3 is 0 Å². The van der Waals surface area contributed by atoms with Crippen molar-refractivity contribution in [3.05, 3.63) is 105 Å². The highest BCUT2D eigenvalue weighted by Gasteiger charge is 2.24.